The fraction of sp³-hybridized carbons (Fsp3) is 0.941. The smallest absolute Gasteiger partial charge is 0.462 e. The van der Waals surface area contributed by atoms with E-state index in [2.05, 4.69) is 52.2 Å². The van der Waals surface area contributed by atoms with Gasteiger partial charge < -0.3 is 74.0 Å². The second kappa shape index (κ2) is 82.3. The fourth-order valence-corrected chi connectivity index (χ4v) is 18.3. The van der Waals surface area contributed by atoms with Crippen molar-refractivity contribution in [1.29, 1.82) is 0 Å². The van der Waals surface area contributed by atoms with Crippen LogP contribution in [0.3, 0.4) is 0 Å². The summed E-state index contributed by atoms with van der Waals surface area (Å²) in [5.41, 5.74) is 0. The molecule has 2 aliphatic heterocycles. The van der Waals surface area contributed by atoms with Gasteiger partial charge in [-0.15, -0.1) is 0 Å². The summed E-state index contributed by atoms with van der Waals surface area (Å²) < 4.78 is 61.7. The molecule has 0 saturated carbocycles. The molecule has 0 aliphatic carbocycles. The maximum absolute atomic E-state index is 15.1. The van der Waals surface area contributed by atoms with E-state index in [1.807, 2.05) is 0 Å². The second-order valence-electron chi connectivity index (χ2n) is 37.6. The highest BCUT2D eigenvalue weighted by atomic mass is 31.2. The van der Waals surface area contributed by atoms with Gasteiger partial charge in [-0.2, -0.15) is 0 Å². The van der Waals surface area contributed by atoms with Crippen LogP contribution in [0.5, 0.6) is 0 Å². The van der Waals surface area contributed by atoms with Crippen LogP contribution in [0.1, 0.15) is 523 Å². The Labute approximate surface area is 767 Å². The van der Waals surface area contributed by atoms with E-state index in [9.17, 15) is 58.8 Å². The molecule has 2 aliphatic rings. The minimum atomic E-state index is -5.59. The van der Waals surface area contributed by atoms with E-state index in [-0.39, 0.29) is 32.1 Å². The Hall–Kier alpha value is -3.35. The molecule has 13 atom stereocenters. The third kappa shape index (κ3) is 65.3. The number of hydrogen-bond donors (Lipinski definition) is 8. The van der Waals surface area contributed by atoms with Gasteiger partial charge in [0.2, 0.25) is 11.8 Å². The van der Waals surface area contributed by atoms with Gasteiger partial charge in [0.05, 0.1) is 32.5 Å². The van der Waals surface area contributed by atoms with E-state index in [1.165, 1.54) is 212 Å². The number of ether oxygens (including phenoxy) is 7. The fourth-order valence-electron chi connectivity index (χ4n) is 17.7. The van der Waals surface area contributed by atoms with Gasteiger partial charge in [-0.3, -0.25) is 33.3 Å². The lowest BCUT2D eigenvalue weighted by Crippen LogP contribution is -2.67. The summed E-state index contributed by atoms with van der Waals surface area (Å²) in [7, 11) is -5.59. The second-order valence-corrected chi connectivity index (χ2v) is 38.8. The molecule has 2 heterocycles. The summed E-state index contributed by atoms with van der Waals surface area (Å²) in [5.74, 6) is -3.83. The van der Waals surface area contributed by atoms with Gasteiger partial charge in [0.25, 0.3) is 0 Å². The molecule has 23 nitrogen and oxygen atoms in total. The predicted octanol–water partition coefficient (Wildman–Crippen LogP) is 24.6. The lowest BCUT2D eigenvalue weighted by Gasteiger charge is -2.46. The van der Waals surface area contributed by atoms with Gasteiger partial charge in [-0.25, -0.2) is 4.57 Å². The first kappa shape index (κ1) is 119. The van der Waals surface area contributed by atoms with Crippen LogP contribution in [0.4, 0.5) is 0 Å². The third-order valence-corrected chi connectivity index (χ3v) is 26.1. The van der Waals surface area contributed by atoms with Gasteiger partial charge in [0.15, 0.2) is 18.7 Å². The number of hydrogen-bond acceptors (Lipinski definition) is 19. The number of rotatable bonds is 90. The topological polar surface area (TPSA) is 339 Å². The Kier molecular flexibility index (Phi) is 77.6. The minimum Gasteiger partial charge on any atom is -0.462 e. The van der Waals surface area contributed by atoms with Crippen molar-refractivity contribution >= 4 is 43.5 Å². The lowest BCUT2D eigenvalue weighted by atomic mass is 9.95. The number of phosphoric acid groups is 1. The first-order valence-electron chi connectivity index (χ1n) is 52.9. The maximum atomic E-state index is 15.1. The predicted molar refractivity (Wildman–Crippen MR) is 505 cm³/mol. The average molecular weight is 1810 g/mol. The molecule has 0 aromatic rings. The van der Waals surface area contributed by atoms with Gasteiger partial charge in [0.1, 0.15) is 60.9 Å². The molecule has 2 saturated heterocycles. The Morgan fingerprint density at radius 1 is 0.317 bits per heavy atom. The minimum absolute atomic E-state index is 0.125. The van der Waals surface area contributed by atoms with Crippen LogP contribution in [0.15, 0.2) is 0 Å². The number of phosphoric ester groups is 1. The first-order chi connectivity index (χ1) is 61.2. The molecular weight excluding hydrogens is 1620 g/mol. The molecule has 126 heavy (non-hydrogen) atoms. The third-order valence-electron chi connectivity index (χ3n) is 25.6. The van der Waals surface area contributed by atoms with E-state index < -0.39 is 149 Å². The van der Waals surface area contributed by atoms with Gasteiger partial charge in [0, 0.05) is 19.3 Å². The van der Waals surface area contributed by atoms with Crippen LogP contribution >= 0.6 is 7.82 Å². The zero-order valence-electron chi connectivity index (χ0n) is 81.2. The Morgan fingerprint density at radius 3 is 0.857 bits per heavy atom. The quantitative estimate of drug-likeness (QED) is 0.0121. The van der Waals surface area contributed by atoms with E-state index in [0.717, 1.165) is 173 Å². The van der Waals surface area contributed by atoms with E-state index in [4.69, 9.17) is 37.7 Å². The van der Waals surface area contributed by atoms with Crippen LogP contribution < -0.4 is 10.6 Å². The number of nitrogens with one attached hydrogen (secondary N) is 2. The summed E-state index contributed by atoms with van der Waals surface area (Å²) >= 11 is 0. The van der Waals surface area contributed by atoms with Crippen molar-refractivity contribution in [2.75, 3.05) is 13.2 Å². The molecule has 2 fully saturated rings. The molecule has 0 aromatic carbocycles. The highest BCUT2D eigenvalue weighted by Crippen LogP contribution is 2.43. The molecule has 8 N–H and O–H groups in total. The summed E-state index contributed by atoms with van der Waals surface area (Å²) in [6.07, 6.45) is 54.9. The van der Waals surface area contributed by atoms with E-state index in [1.54, 1.807) is 0 Å². The summed E-state index contributed by atoms with van der Waals surface area (Å²) in [5, 5.41) is 52.0. The molecule has 2 amide bonds. The van der Waals surface area contributed by atoms with Crippen molar-refractivity contribution in [3.8, 4) is 0 Å². The molecule has 0 aromatic heterocycles. The molecule has 0 spiro atoms. The average Bonchev–Trinajstić information content (AvgIpc) is 0.775. The van der Waals surface area contributed by atoms with Crippen molar-refractivity contribution in [1.82, 2.24) is 10.6 Å². The summed E-state index contributed by atoms with van der Waals surface area (Å²) in [6, 6.07) is -3.38. The van der Waals surface area contributed by atoms with Crippen LogP contribution in [-0.2, 0) is 71.0 Å². The van der Waals surface area contributed by atoms with Gasteiger partial charge >= 0.3 is 31.7 Å². The van der Waals surface area contributed by atoms with Gasteiger partial charge in [-0.1, -0.05) is 427 Å². The molecule has 742 valence electrons. The zero-order chi connectivity index (χ0) is 92.0. The molecule has 24 heteroatoms. The number of aliphatic hydroxyl groups is 4. The SMILES string of the molecule is CCCCCCCCCCCCCCCCCC(=O)O[C@H](CCCCCCCCCCC)CC(=O)N[C@H]1[C@H](OC[C@H]2OC(O)[C@H](NC(=O)C[C@@H](CCCCCCCCCCC)OC(=O)CCCCCCCCCCCCCCC)[C@@H](O)[C@@H]2O)O[C@H](CO)[C@@H](OP(=O)(O)O)[C@@H]1OC(=O)C[C@@H](CCCCCCCCCCC)OC(=O)CCCCCCCCCCCCC. The molecule has 2 rings (SSSR count). The van der Waals surface area contributed by atoms with Crippen molar-refractivity contribution in [3.05, 3.63) is 0 Å². The maximum Gasteiger partial charge on any atom is 0.470 e. The number of unbranched alkanes of at least 4 members (excludes halogenated alkanes) is 60. The standard InChI is InChI=1S/C102H193N2O21P/c1-7-13-19-25-31-37-40-42-43-45-48-54-60-65-71-77-92(109)120-85(74-68-62-56-50-35-29-23-17-11-5)80-90(107)104-96-100(124-94(111)81-86(75-69-63-57-51-36-30-24-18-12-6)121-93(110)78-72-66-58-52-46-39-33-27-21-15-9-3)99(125-126(115,116)117)87(82-105)123-102(96)118-83-88-97(112)98(113)95(101(114)122-88)103-89(106)79-84(73-67-61-55-49-34-28-22-16-10-4)119-91(108)76-70-64-59-53-47-44-41-38-32-26-20-14-8-2/h84-88,95-102,105,112-114H,7-83H2,1-6H3,(H,103,106)(H,104,107)(H2,115,116,117)/t84-,85-,86-,87-,88-,95-,96-,97-,98-,99-,100-,101?,102-/m1/s1. The highest BCUT2D eigenvalue weighted by molar-refractivity contribution is 7.46. The van der Waals surface area contributed by atoms with E-state index >= 15 is 4.79 Å². The van der Waals surface area contributed by atoms with Crippen LogP contribution in [0.25, 0.3) is 0 Å². The Balaban J connectivity index is 2.56. The van der Waals surface area contributed by atoms with Crippen molar-refractivity contribution < 1.29 is 101 Å². The summed E-state index contributed by atoms with van der Waals surface area (Å²) in [6.45, 7) is 11.5. The van der Waals surface area contributed by atoms with Crippen LogP contribution in [-0.4, -0.2) is 159 Å². The zero-order valence-corrected chi connectivity index (χ0v) is 82.1. The number of esters is 4. The highest BCUT2D eigenvalue weighted by Gasteiger charge is 2.53. The molecule has 0 bridgehead atoms. The van der Waals surface area contributed by atoms with Gasteiger partial charge in [-0.05, 0) is 57.8 Å². The summed E-state index contributed by atoms with van der Waals surface area (Å²) in [4.78, 5) is 106. The Bertz CT molecular complexity index is 2620. The molecule has 0 radical (unpaired) electrons. The number of aliphatic hydroxyl groups excluding tert-OH is 4. The normalized spacial score (nSPS) is 19.8. The number of amides is 2. The van der Waals surface area contributed by atoms with Crippen molar-refractivity contribution in [2.45, 2.75) is 603 Å². The van der Waals surface area contributed by atoms with Crippen LogP contribution in [0.2, 0.25) is 0 Å². The molecule has 1 unspecified atom stereocenters. The largest absolute Gasteiger partial charge is 0.470 e. The monoisotopic (exact) mass is 1810 g/mol. The first-order valence-corrected chi connectivity index (χ1v) is 54.4. The Morgan fingerprint density at radius 2 is 0.579 bits per heavy atom. The lowest BCUT2D eigenvalue weighted by molar-refractivity contribution is -0.297. The molecular formula is C102H193N2O21P. The van der Waals surface area contributed by atoms with Crippen LogP contribution in [0, 0.1) is 0 Å². The number of carbonyl (C=O) groups is 6. The van der Waals surface area contributed by atoms with E-state index in [0.29, 0.717) is 51.4 Å². The van der Waals surface area contributed by atoms with Crippen molar-refractivity contribution in [2.24, 2.45) is 0 Å². The van der Waals surface area contributed by atoms with Crippen molar-refractivity contribution in [3.63, 3.8) is 0 Å². The number of carbonyl (C=O) groups excluding carboxylic acids is 6.